The summed E-state index contributed by atoms with van der Waals surface area (Å²) >= 11 is 0. The fourth-order valence-corrected chi connectivity index (χ4v) is 0.999. The zero-order valence-corrected chi connectivity index (χ0v) is 5.67. The SMILES string of the molecule is N#C[N+]1(C#N)CCNCC1. The molecule has 1 aliphatic rings. The van der Waals surface area contributed by atoms with Gasteiger partial charge in [0.1, 0.15) is 13.1 Å². The summed E-state index contributed by atoms with van der Waals surface area (Å²) in [6.07, 6.45) is 4.01. The minimum absolute atomic E-state index is 0.0625. The van der Waals surface area contributed by atoms with Crippen molar-refractivity contribution in [2.24, 2.45) is 0 Å². The van der Waals surface area contributed by atoms with Crippen LogP contribution < -0.4 is 5.32 Å². The number of nitrogens with zero attached hydrogens (tertiary/aromatic N) is 3. The van der Waals surface area contributed by atoms with Crippen LogP contribution in [0.15, 0.2) is 0 Å². The Hall–Kier alpha value is -1.10. The molecular weight excluding hydrogens is 128 g/mol. The Bertz CT molecular complexity index is 175. The fraction of sp³-hybridized carbons (Fsp3) is 0.667. The predicted molar refractivity (Wildman–Crippen MR) is 34.1 cm³/mol. The van der Waals surface area contributed by atoms with Crippen LogP contribution in [0.25, 0.3) is 0 Å². The summed E-state index contributed by atoms with van der Waals surface area (Å²) in [4.78, 5) is 0. The number of nitrogens with one attached hydrogen (secondary N) is 1. The van der Waals surface area contributed by atoms with E-state index in [2.05, 4.69) is 5.32 Å². The molecule has 4 heteroatoms. The second-order valence-corrected chi connectivity index (χ2v) is 2.37. The standard InChI is InChI=1S/C6H9N4/c7-5-10(6-8)3-1-9-2-4-10/h9H,1-4H2/q+1. The first-order chi connectivity index (χ1) is 4.83. The molecule has 1 fully saturated rings. The van der Waals surface area contributed by atoms with Crippen LogP contribution in [-0.4, -0.2) is 30.7 Å². The number of hydrogen-bond donors (Lipinski definition) is 1. The van der Waals surface area contributed by atoms with Crippen molar-refractivity contribution in [3.05, 3.63) is 0 Å². The molecule has 0 bridgehead atoms. The predicted octanol–water partition coefficient (Wildman–Crippen LogP) is -0.631. The van der Waals surface area contributed by atoms with Crippen molar-refractivity contribution in [1.82, 2.24) is 5.32 Å². The van der Waals surface area contributed by atoms with Crippen molar-refractivity contribution in [3.8, 4) is 12.4 Å². The molecule has 0 spiro atoms. The zero-order valence-electron chi connectivity index (χ0n) is 5.67. The van der Waals surface area contributed by atoms with Gasteiger partial charge >= 0.3 is 12.4 Å². The molecule has 1 heterocycles. The van der Waals surface area contributed by atoms with Crippen molar-refractivity contribution >= 4 is 0 Å². The Kier molecular flexibility index (Phi) is 1.86. The number of quaternary nitrogens is 1. The molecule has 1 N–H and O–H groups in total. The fourth-order valence-electron chi connectivity index (χ4n) is 0.999. The molecule has 0 aliphatic carbocycles. The van der Waals surface area contributed by atoms with Crippen LogP contribution in [0.4, 0.5) is 0 Å². The molecular formula is C6H9N4+. The first kappa shape index (κ1) is 7.01. The van der Waals surface area contributed by atoms with Gasteiger partial charge in [0.25, 0.3) is 0 Å². The van der Waals surface area contributed by atoms with Crippen molar-refractivity contribution in [2.75, 3.05) is 26.2 Å². The molecule has 0 amide bonds. The lowest BCUT2D eigenvalue weighted by Gasteiger charge is -2.24. The van der Waals surface area contributed by atoms with E-state index in [1.54, 1.807) is 0 Å². The summed E-state index contributed by atoms with van der Waals surface area (Å²) in [5, 5.41) is 20.3. The van der Waals surface area contributed by atoms with E-state index in [0.717, 1.165) is 13.1 Å². The van der Waals surface area contributed by atoms with E-state index in [9.17, 15) is 0 Å². The van der Waals surface area contributed by atoms with E-state index >= 15 is 0 Å². The van der Waals surface area contributed by atoms with Gasteiger partial charge < -0.3 is 5.32 Å². The Balaban J connectivity index is 2.67. The molecule has 10 heavy (non-hydrogen) atoms. The summed E-state index contributed by atoms with van der Waals surface area (Å²) in [6.45, 7) is 2.74. The van der Waals surface area contributed by atoms with Gasteiger partial charge in [-0.1, -0.05) is 0 Å². The number of rotatable bonds is 0. The largest absolute Gasteiger partial charge is 0.324 e. The first-order valence-electron chi connectivity index (χ1n) is 3.23. The molecule has 0 aromatic rings. The van der Waals surface area contributed by atoms with Crippen molar-refractivity contribution < 1.29 is 4.48 Å². The maximum atomic E-state index is 8.61. The molecule has 0 radical (unpaired) electrons. The first-order valence-corrected chi connectivity index (χ1v) is 3.23. The molecule has 0 unspecified atom stereocenters. The van der Waals surface area contributed by atoms with Gasteiger partial charge in [-0.05, 0) is 0 Å². The van der Waals surface area contributed by atoms with Crippen LogP contribution in [-0.2, 0) is 0 Å². The maximum absolute atomic E-state index is 8.61. The molecule has 0 saturated carbocycles. The highest BCUT2D eigenvalue weighted by Crippen LogP contribution is 2.03. The lowest BCUT2D eigenvalue weighted by Crippen LogP contribution is -2.52. The van der Waals surface area contributed by atoms with Crippen LogP contribution in [0.5, 0.6) is 0 Å². The zero-order chi connectivity index (χ0) is 7.45. The van der Waals surface area contributed by atoms with Gasteiger partial charge in [-0.25, -0.2) is 0 Å². The minimum Gasteiger partial charge on any atom is -0.306 e. The Morgan fingerprint density at radius 1 is 1.10 bits per heavy atom. The van der Waals surface area contributed by atoms with E-state index in [-0.39, 0.29) is 4.48 Å². The highest BCUT2D eigenvalue weighted by molar-refractivity contribution is 4.74. The summed E-state index contributed by atoms with van der Waals surface area (Å²) < 4.78 is -0.0625. The van der Waals surface area contributed by atoms with Gasteiger partial charge in [0, 0.05) is 13.1 Å². The van der Waals surface area contributed by atoms with E-state index in [1.807, 2.05) is 12.4 Å². The monoisotopic (exact) mass is 137 g/mol. The highest BCUT2D eigenvalue weighted by atomic mass is 15.4. The van der Waals surface area contributed by atoms with Gasteiger partial charge in [-0.15, -0.1) is 15.0 Å². The molecule has 52 valence electrons. The minimum atomic E-state index is -0.0625. The molecule has 1 aliphatic heterocycles. The van der Waals surface area contributed by atoms with Crippen LogP contribution in [0, 0.1) is 22.9 Å². The summed E-state index contributed by atoms with van der Waals surface area (Å²) in [5.74, 6) is 0. The molecule has 4 nitrogen and oxygen atoms in total. The molecule has 0 aromatic heterocycles. The Labute approximate surface area is 59.9 Å². The molecule has 1 rings (SSSR count). The maximum Gasteiger partial charge on any atom is 0.324 e. The summed E-state index contributed by atoms with van der Waals surface area (Å²) in [6, 6.07) is 0. The average Bonchev–Trinajstić information content (AvgIpc) is 2.06. The molecule has 0 atom stereocenters. The second kappa shape index (κ2) is 2.66. The van der Waals surface area contributed by atoms with E-state index in [0.29, 0.717) is 13.1 Å². The van der Waals surface area contributed by atoms with Gasteiger partial charge in [-0.2, -0.15) is 0 Å². The van der Waals surface area contributed by atoms with Crippen LogP contribution in [0.1, 0.15) is 0 Å². The number of hydrogen-bond acceptors (Lipinski definition) is 3. The number of nitriles is 2. The van der Waals surface area contributed by atoms with E-state index in [1.165, 1.54) is 0 Å². The summed E-state index contributed by atoms with van der Waals surface area (Å²) in [5.41, 5.74) is 0. The third kappa shape index (κ3) is 1.08. The van der Waals surface area contributed by atoms with E-state index in [4.69, 9.17) is 10.5 Å². The van der Waals surface area contributed by atoms with Crippen LogP contribution in [0.3, 0.4) is 0 Å². The van der Waals surface area contributed by atoms with Gasteiger partial charge in [0.15, 0.2) is 0 Å². The second-order valence-electron chi connectivity index (χ2n) is 2.37. The quantitative estimate of drug-likeness (QED) is 0.357. The van der Waals surface area contributed by atoms with Gasteiger partial charge in [0.05, 0.1) is 0 Å². The lowest BCUT2D eigenvalue weighted by molar-refractivity contribution is -0.801. The van der Waals surface area contributed by atoms with Gasteiger partial charge in [0.2, 0.25) is 0 Å². The average molecular weight is 137 g/mol. The summed E-state index contributed by atoms with van der Waals surface area (Å²) in [7, 11) is 0. The Morgan fingerprint density at radius 2 is 1.60 bits per heavy atom. The van der Waals surface area contributed by atoms with Crippen LogP contribution in [0.2, 0.25) is 0 Å². The van der Waals surface area contributed by atoms with Crippen molar-refractivity contribution in [2.45, 2.75) is 0 Å². The van der Waals surface area contributed by atoms with Crippen molar-refractivity contribution in [1.29, 1.82) is 10.5 Å². The third-order valence-electron chi connectivity index (χ3n) is 1.72. The van der Waals surface area contributed by atoms with E-state index < -0.39 is 0 Å². The third-order valence-corrected chi connectivity index (χ3v) is 1.72. The molecule has 0 aromatic carbocycles. The smallest absolute Gasteiger partial charge is 0.306 e. The number of piperazine rings is 1. The van der Waals surface area contributed by atoms with Crippen molar-refractivity contribution in [3.63, 3.8) is 0 Å². The van der Waals surface area contributed by atoms with Gasteiger partial charge in [-0.3, -0.25) is 0 Å². The highest BCUT2D eigenvalue weighted by Gasteiger charge is 2.30. The lowest BCUT2D eigenvalue weighted by atomic mass is 10.3. The normalized spacial score (nSPS) is 22.6. The topological polar surface area (TPSA) is 59.6 Å². The Morgan fingerprint density at radius 3 is 1.90 bits per heavy atom. The molecule has 1 saturated heterocycles. The van der Waals surface area contributed by atoms with Crippen LogP contribution >= 0.6 is 0 Å².